The van der Waals surface area contributed by atoms with Crippen LogP contribution in [0.1, 0.15) is 24.2 Å². The number of para-hydroxylation sites is 1. The van der Waals surface area contributed by atoms with Crippen LogP contribution < -0.4 is 10.5 Å². The molecule has 1 amide bonds. The molecule has 0 bridgehead atoms. The number of rotatable bonds is 7. The second kappa shape index (κ2) is 9.78. The van der Waals surface area contributed by atoms with Crippen LogP contribution in [0.5, 0.6) is 5.75 Å². The Morgan fingerprint density at radius 3 is 2.33 bits per heavy atom. The highest BCUT2D eigenvalue weighted by Gasteiger charge is 2.26. The van der Waals surface area contributed by atoms with E-state index in [9.17, 15) is 4.79 Å². The fraction of sp³-hybridized carbons (Fsp3) is 0.304. The Labute approximate surface area is 184 Å². The maximum atomic E-state index is 13.3. The van der Waals surface area contributed by atoms with E-state index in [1.807, 2.05) is 54.6 Å². The van der Waals surface area contributed by atoms with Crippen LogP contribution in [0, 0.1) is 5.41 Å². The zero-order chi connectivity index (χ0) is 21.0. The average molecular weight is 429 g/mol. The molecule has 0 aliphatic heterocycles. The largest absolute Gasteiger partial charge is 0.497 e. The summed E-state index contributed by atoms with van der Waals surface area (Å²) in [6, 6.07) is 17.3. The minimum absolute atomic E-state index is 0. The van der Waals surface area contributed by atoms with Gasteiger partial charge in [-0.25, -0.2) is 4.68 Å². The van der Waals surface area contributed by atoms with E-state index in [0.29, 0.717) is 24.3 Å². The van der Waals surface area contributed by atoms with E-state index in [4.69, 9.17) is 15.6 Å². The van der Waals surface area contributed by atoms with Crippen molar-refractivity contribution in [2.24, 2.45) is 11.1 Å². The fourth-order valence-electron chi connectivity index (χ4n) is 3.19. The molecule has 6 nitrogen and oxygen atoms in total. The lowest BCUT2D eigenvalue weighted by atomic mass is 9.93. The van der Waals surface area contributed by atoms with Crippen LogP contribution in [0.15, 0.2) is 60.8 Å². The molecule has 2 aromatic carbocycles. The van der Waals surface area contributed by atoms with Crippen molar-refractivity contribution in [1.29, 1.82) is 0 Å². The number of carbonyl (C=O) groups is 1. The van der Waals surface area contributed by atoms with Gasteiger partial charge in [-0.2, -0.15) is 5.10 Å². The van der Waals surface area contributed by atoms with Crippen LogP contribution in [-0.4, -0.2) is 47.8 Å². The highest BCUT2D eigenvalue weighted by atomic mass is 35.5. The van der Waals surface area contributed by atoms with Crippen LogP contribution in [0.3, 0.4) is 0 Å². The summed E-state index contributed by atoms with van der Waals surface area (Å²) < 4.78 is 6.99. The van der Waals surface area contributed by atoms with E-state index in [0.717, 1.165) is 17.0 Å². The lowest BCUT2D eigenvalue weighted by Crippen LogP contribution is -2.39. The number of benzene rings is 2. The summed E-state index contributed by atoms with van der Waals surface area (Å²) in [6.07, 6.45) is 1.79. The van der Waals surface area contributed by atoms with Crippen molar-refractivity contribution >= 4 is 18.3 Å². The Balaban J connectivity index is 0.00000320. The third kappa shape index (κ3) is 5.20. The van der Waals surface area contributed by atoms with Gasteiger partial charge in [-0.3, -0.25) is 4.79 Å². The molecule has 2 N–H and O–H groups in total. The fourth-order valence-corrected chi connectivity index (χ4v) is 3.19. The van der Waals surface area contributed by atoms with Gasteiger partial charge in [0, 0.05) is 25.4 Å². The highest BCUT2D eigenvalue weighted by molar-refractivity contribution is 5.99. The quantitative estimate of drug-likeness (QED) is 0.616. The molecule has 0 unspecified atom stereocenters. The molecular formula is C23H29ClN4O2. The topological polar surface area (TPSA) is 73.4 Å². The van der Waals surface area contributed by atoms with E-state index in [-0.39, 0.29) is 23.7 Å². The maximum Gasteiger partial charge on any atom is 0.257 e. The molecule has 0 radical (unpaired) electrons. The van der Waals surface area contributed by atoms with E-state index >= 15 is 0 Å². The zero-order valence-electron chi connectivity index (χ0n) is 17.8. The van der Waals surface area contributed by atoms with Crippen molar-refractivity contribution < 1.29 is 9.53 Å². The maximum absolute atomic E-state index is 13.3. The summed E-state index contributed by atoms with van der Waals surface area (Å²) in [5.74, 6) is 0.672. The summed E-state index contributed by atoms with van der Waals surface area (Å²) in [7, 11) is 3.43. The number of nitrogens with two attached hydrogens (primary N) is 1. The van der Waals surface area contributed by atoms with Gasteiger partial charge in [0.2, 0.25) is 0 Å². The molecule has 0 spiro atoms. The first-order chi connectivity index (χ1) is 13.8. The number of carbonyl (C=O) groups excluding carboxylic acids is 1. The first-order valence-corrected chi connectivity index (χ1v) is 9.60. The molecule has 0 saturated carbocycles. The second-order valence-electron chi connectivity index (χ2n) is 7.93. The average Bonchev–Trinajstić information content (AvgIpc) is 3.19. The van der Waals surface area contributed by atoms with Crippen LogP contribution in [-0.2, 0) is 0 Å². The molecule has 30 heavy (non-hydrogen) atoms. The third-order valence-electron chi connectivity index (χ3n) is 4.89. The Hall–Kier alpha value is -2.83. The monoisotopic (exact) mass is 428 g/mol. The molecule has 7 heteroatoms. The zero-order valence-corrected chi connectivity index (χ0v) is 18.6. The van der Waals surface area contributed by atoms with Crippen molar-refractivity contribution in [3.63, 3.8) is 0 Å². The van der Waals surface area contributed by atoms with Crippen LogP contribution in [0.2, 0.25) is 0 Å². The molecule has 0 atom stereocenters. The van der Waals surface area contributed by atoms with Gasteiger partial charge >= 0.3 is 0 Å². The molecule has 0 aliphatic rings. The van der Waals surface area contributed by atoms with Crippen molar-refractivity contribution in [1.82, 2.24) is 14.7 Å². The summed E-state index contributed by atoms with van der Waals surface area (Å²) in [4.78, 5) is 15.0. The number of hydrogen-bond donors (Lipinski definition) is 1. The van der Waals surface area contributed by atoms with Crippen molar-refractivity contribution in [3.8, 4) is 22.7 Å². The Morgan fingerprint density at radius 2 is 1.77 bits per heavy atom. The Kier molecular flexibility index (Phi) is 7.65. The summed E-state index contributed by atoms with van der Waals surface area (Å²) >= 11 is 0. The summed E-state index contributed by atoms with van der Waals surface area (Å²) in [5.41, 5.74) is 8.63. The lowest BCUT2D eigenvalue weighted by molar-refractivity contribution is 0.0741. The molecule has 3 aromatic rings. The SMILES string of the molecule is COc1ccc(-c2nn(-c3ccccc3)cc2C(=O)N(C)CC(C)(C)CN)cc1.Cl. The number of halogens is 1. The molecule has 1 heterocycles. The van der Waals surface area contributed by atoms with Crippen molar-refractivity contribution in [2.75, 3.05) is 27.2 Å². The van der Waals surface area contributed by atoms with Gasteiger partial charge in [0.25, 0.3) is 5.91 Å². The Morgan fingerprint density at radius 1 is 1.13 bits per heavy atom. The van der Waals surface area contributed by atoms with E-state index < -0.39 is 0 Å². The van der Waals surface area contributed by atoms with Gasteiger partial charge in [-0.05, 0) is 48.4 Å². The molecule has 0 saturated heterocycles. The minimum atomic E-state index is -0.167. The second-order valence-corrected chi connectivity index (χ2v) is 7.93. The van der Waals surface area contributed by atoms with Crippen LogP contribution in [0.4, 0.5) is 0 Å². The third-order valence-corrected chi connectivity index (χ3v) is 4.89. The van der Waals surface area contributed by atoms with Crippen LogP contribution >= 0.6 is 12.4 Å². The predicted molar refractivity (Wildman–Crippen MR) is 123 cm³/mol. The molecule has 0 fully saturated rings. The van der Waals surface area contributed by atoms with Crippen LogP contribution in [0.25, 0.3) is 16.9 Å². The van der Waals surface area contributed by atoms with Gasteiger partial charge in [-0.1, -0.05) is 32.0 Å². The van der Waals surface area contributed by atoms with Gasteiger partial charge in [0.05, 0.1) is 18.4 Å². The van der Waals surface area contributed by atoms with E-state index in [1.54, 1.807) is 29.9 Å². The standard InChI is InChI=1S/C23H28N4O2.ClH/c1-23(2,15-24)16-26(3)22(28)20-14-27(18-8-6-5-7-9-18)25-21(20)17-10-12-19(29-4)13-11-17;/h5-14H,15-16,24H2,1-4H3;1H. The van der Waals surface area contributed by atoms with E-state index in [1.165, 1.54) is 0 Å². The van der Waals surface area contributed by atoms with Crippen molar-refractivity contribution in [2.45, 2.75) is 13.8 Å². The normalized spacial score (nSPS) is 11.0. The first kappa shape index (κ1) is 23.4. The number of aromatic nitrogens is 2. The number of ether oxygens (including phenoxy) is 1. The van der Waals surface area contributed by atoms with E-state index in [2.05, 4.69) is 13.8 Å². The summed E-state index contributed by atoms with van der Waals surface area (Å²) in [5, 5.41) is 4.73. The lowest BCUT2D eigenvalue weighted by Gasteiger charge is -2.29. The van der Waals surface area contributed by atoms with Gasteiger partial charge in [-0.15, -0.1) is 12.4 Å². The van der Waals surface area contributed by atoms with Gasteiger partial charge in [0.1, 0.15) is 11.4 Å². The number of hydrogen-bond acceptors (Lipinski definition) is 4. The first-order valence-electron chi connectivity index (χ1n) is 9.60. The van der Waals surface area contributed by atoms with Gasteiger partial charge < -0.3 is 15.4 Å². The summed E-state index contributed by atoms with van der Waals surface area (Å²) in [6.45, 7) is 5.16. The number of amides is 1. The van der Waals surface area contributed by atoms with Gasteiger partial charge in [0.15, 0.2) is 0 Å². The highest BCUT2D eigenvalue weighted by Crippen LogP contribution is 2.27. The van der Waals surface area contributed by atoms with Crippen molar-refractivity contribution in [3.05, 3.63) is 66.4 Å². The molecule has 1 aromatic heterocycles. The molecule has 0 aliphatic carbocycles. The minimum Gasteiger partial charge on any atom is -0.497 e. The smallest absolute Gasteiger partial charge is 0.257 e. The number of nitrogens with zero attached hydrogens (tertiary/aromatic N) is 3. The number of methoxy groups -OCH3 is 1. The predicted octanol–water partition coefficient (Wildman–Crippen LogP) is 4.03. The molecule has 160 valence electrons. The molecule has 3 rings (SSSR count). The molecular weight excluding hydrogens is 400 g/mol. The Bertz CT molecular complexity index is 969.